The third kappa shape index (κ3) is 5.28. The molecule has 40 heavy (non-hydrogen) atoms. The van der Waals surface area contributed by atoms with Crippen LogP contribution in [0.15, 0.2) is 71.8 Å². The molecule has 206 valence electrons. The van der Waals surface area contributed by atoms with Gasteiger partial charge in [0, 0.05) is 68.0 Å². The van der Waals surface area contributed by atoms with Crippen LogP contribution < -0.4 is 15.0 Å². The third-order valence-electron chi connectivity index (χ3n) is 7.41. The number of benzene rings is 2. The second kappa shape index (κ2) is 11.1. The van der Waals surface area contributed by atoms with E-state index in [0.29, 0.717) is 17.3 Å². The molecule has 0 bridgehead atoms. The Kier molecular flexibility index (Phi) is 7.19. The second-order valence-electron chi connectivity index (χ2n) is 10.1. The highest BCUT2D eigenvalue weighted by Crippen LogP contribution is 2.28. The van der Waals surface area contributed by atoms with Crippen molar-refractivity contribution < 1.29 is 13.9 Å². The van der Waals surface area contributed by atoms with E-state index >= 15 is 0 Å². The normalized spacial score (nSPS) is 14.7. The van der Waals surface area contributed by atoms with Crippen LogP contribution >= 0.6 is 0 Å². The molecule has 1 fully saturated rings. The fraction of sp³-hybridized carbons (Fsp3) is 0.300. The average Bonchev–Trinajstić information content (AvgIpc) is 3.32. The minimum absolute atomic E-state index is 0.233. The van der Waals surface area contributed by atoms with Gasteiger partial charge in [-0.3, -0.25) is 19.2 Å². The van der Waals surface area contributed by atoms with E-state index in [1.165, 1.54) is 22.9 Å². The van der Waals surface area contributed by atoms with E-state index in [0.717, 1.165) is 60.1 Å². The molecule has 1 saturated heterocycles. The second-order valence-corrected chi connectivity index (χ2v) is 10.1. The summed E-state index contributed by atoms with van der Waals surface area (Å²) in [5, 5.41) is 6.45. The first-order chi connectivity index (χ1) is 19.5. The van der Waals surface area contributed by atoms with Crippen molar-refractivity contribution in [3.05, 3.63) is 88.7 Å². The molecule has 2 aromatic carbocycles. The Bertz CT molecular complexity index is 1720. The first-order valence-electron chi connectivity index (χ1n) is 13.3. The quantitative estimate of drug-likeness (QED) is 0.296. The van der Waals surface area contributed by atoms with Crippen LogP contribution in [-0.4, -0.2) is 76.1 Å². The van der Waals surface area contributed by atoms with Crippen LogP contribution in [0.2, 0.25) is 0 Å². The number of likely N-dealkylation sites (N-methyl/N-ethyl adjacent to an activating group) is 1. The lowest BCUT2D eigenvalue weighted by molar-refractivity contribution is 0.148. The van der Waals surface area contributed by atoms with E-state index in [2.05, 4.69) is 26.9 Å². The van der Waals surface area contributed by atoms with Crippen LogP contribution in [0.5, 0.6) is 11.5 Å². The van der Waals surface area contributed by atoms with Crippen LogP contribution in [0.1, 0.15) is 5.56 Å². The topological polar surface area (TPSA) is 77.7 Å². The van der Waals surface area contributed by atoms with Crippen LogP contribution in [0.3, 0.4) is 0 Å². The number of fused-ring (bicyclic) bond motifs is 2. The molecule has 0 N–H and O–H groups in total. The molecule has 0 aliphatic carbocycles. The van der Waals surface area contributed by atoms with Crippen molar-refractivity contribution in [2.24, 2.45) is 0 Å². The zero-order valence-corrected chi connectivity index (χ0v) is 22.6. The lowest BCUT2D eigenvalue weighted by Gasteiger charge is -2.32. The Balaban J connectivity index is 1.25. The van der Waals surface area contributed by atoms with Gasteiger partial charge in [-0.05, 0) is 55.1 Å². The van der Waals surface area contributed by atoms with E-state index in [9.17, 15) is 9.18 Å². The Morgan fingerprint density at radius 2 is 1.80 bits per heavy atom. The summed E-state index contributed by atoms with van der Waals surface area (Å²) in [4.78, 5) is 21.8. The number of hydrogen-bond acceptors (Lipinski definition) is 7. The van der Waals surface area contributed by atoms with Crippen LogP contribution in [0.25, 0.3) is 27.6 Å². The van der Waals surface area contributed by atoms with Crippen molar-refractivity contribution in [1.29, 1.82) is 0 Å². The summed E-state index contributed by atoms with van der Waals surface area (Å²) >= 11 is 0. The minimum Gasteiger partial charge on any atom is -0.497 e. The summed E-state index contributed by atoms with van der Waals surface area (Å²) in [6.45, 7) is 5.24. The van der Waals surface area contributed by atoms with Gasteiger partial charge in [-0.15, -0.1) is 0 Å². The predicted molar refractivity (Wildman–Crippen MR) is 152 cm³/mol. The van der Waals surface area contributed by atoms with E-state index in [1.807, 2.05) is 35.0 Å². The maximum absolute atomic E-state index is 14.3. The van der Waals surface area contributed by atoms with E-state index in [4.69, 9.17) is 9.47 Å². The highest BCUT2D eigenvalue weighted by molar-refractivity contribution is 5.86. The summed E-state index contributed by atoms with van der Waals surface area (Å²) < 4.78 is 28.9. The van der Waals surface area contributed by atoms with Gasteiger partial charge in [0.05, 0.1) is 24.7 Å². The fourth-order valence-corrected chi connectivity index (χ4v) is 5.16. The molecule has 0 atom stereocenters. The smallest absolute Gasteiger partial charge is 0.266 e. The zero-order valence-electron chi connectivity index (χ0n) is 22.6. The molecule has 1 aliphatic heterocycles. The number of rotatable bonds is 8. The van der Waals surface area contributed by atoms with Gasteiger partial charge in [-0.25, -0.2) is 9.07 Å². The first kappa shape index (κ1) is 26.0. The third-order valence-corrected chi connectivity index (χ3v) is 7.41. The largest absolute Gasteiger partial charge is 0.497 e. The minimum atomic E-state index is -0.318. The van der Waals surface area contributed by atoms with Gasteiger partial charge in [-0.2, -0.15) is 5.10 Å². The lowest BCUT2D eigenvalue weighted by Crippen LogP contribution is -2.43. The molecule has 9 nitrogen and oxygen atoms in total. The molecule has 0 unspecified atom stereocenters. The summed E-state index contributed by atoms with van der Waals surface area (Å²) in [7, 11) is 3.75. The average molecular weight is 543 g/mol. The van der Waals surface area contributed by atoms with Crippen LogP contribution in [0, 0.1) is 5.82 Å². The molecule has 1 aliphatic rings. The highest BCUT2D eigenvalue weighted by atomic mass is 19.1. The molecule has 0 amide bonds. The van der Waals surface area contributed by atoms with Crippen molar-refractivity contribution in [2.45, 2.75) is 13.1 Å². The van der Waals surface area contributed by atoms with Gasteiger partial charge in [-0.1, -0.05) is 0 Å². The van der Waals surface area contributed by atoms with Crippen LogP contribution in [0.4, 0.5) is 4.39 Å². The summed E-state index contributed by atoms with van der Waals surface area (Å²) in [5.41, 5.74) is 2.34. The molecule has 6 rings (SSSR count). The highest BCUT2D eigenvalue weighted by Gasteiger charge is 2.18. The number of ether oxygens (including phenoxy) is 2. The molecule has 0 radical (unpaired) electrons. The SMILES string of the molecule is COc1ccc2c(OCCn3nc(-n4cc(CN5CCN(C)CC5)c5ccc(F)cc54)ccc3=O)ccnc2c1. The van der Waals surface area contributed by atoms with E-state index in [-0.39, 0.29) is 24.5 Å². The molecule has 5 aromatic rings. The number of piperazine rings is 1. The van der Waals surface area contributed by atoms with Gasteiger partial charge in [0.2, 0.25) is 0 Å². The molecule has 0 spiro atoms. The van der Waals surface area contributed by atoms with Crippen molar-refractivity contribution in [2.75, 3.05) is 46.9 Å². The molecular formula is C30H31FN6O3. The lowest BCUT2D eigenvalue weighted by atomic mass is 10.1. The number of hydrogen-bond donors (Lipinski definition) is 0. The maximum atomic E-state index is 14.3. The number of aromatic nitrogens is 4. The summed E-state index contributed by atoms with van der Waals surface area (Å²) in [6.07, 6.45) is 3.69. The van der Waals surface area contributed by atoms with Gasteiger partial charge in [0.15, 0.2) is 5.82 Å². The number of halogens is 1. The summed E-state index contributed by atoms with van der Waals surface area (Å²) in [5.74, 6) is 1.61. The van der Waals surface area contributed by atoms with Crippen molar-refractivity contribution in [3.63, 3.8) is 0 Å². The van der Waals surface area contributed by atoms with Gasteiger partial charge >= 0.3 is 0 Å². The van der Waals surface area contributed by atoms with Gasteiger partial charge < -0.3 is 14.4 Å². The molecular weight excluding hydrogens is 511 g/mol. The van der Waals surface area contributed by atoms with Gasteiger partial charge in [0.25, 0.3) is 5.56 Å². The summed E-state index contributed by atoms with van der Waals surface area (Å²) in [6, 6.07) is 15.4. The van der Waals surface area contributed by atoms with E-state index in [1.54, 1.807) is 25.4 Å². The predicted octanol–water partition coefficient (Wildman–Crippen LogP) is 3.71. The first-order valence-corrected chi connectivity index (χ1v) is 13.3. The maximum Gasteiger partial charge on any atom is 0.266 e. The standard InChI is InChI=1S/C30H31FN6O3/c1-34-11-13-35(14-12-34)19-21-20-36(27-17-22(31)3-5-24(21)27)29-7-8-30(38)37(33-29)15-16-40-28-9-10-32-26-18-23(39-2)4-6-25(26)28/h3-10,17-18,20H,11-16,19H2,1-2H3. The van der Waals surface area contributed by atoms with Gasteiger partial charge in [0.1, 0.15) is 23.9 Å². The Labute approximate surface area is 231 Å². The fourth-order valence-electron chi connectivity index (χ4n) is 5.16. The molecule has 4 heterocycles. The van der Waals surface area contributed by atoms with Crippen molar-refractivity contribution in [3.8, 4) is 17.3 Å². The Hall–Kier alpha value is -4.28. The number of methoxy groups -OCH3 is 1. The van der Waals surface area contributed by atoms with Crippen LogP contribution in [-0.2, 0) is 13.1 Å². The van der Waals surface area contributed by atoms with Crippen molar-refractivity contribution >= 4 is 21.8 Å². The molecule has 0 saturated carbocycles. The van der Waals surface area contributed by atoms with Crippen molar-refractivity contribution in [1.82, 2.24) is 29.1 Å². The van der Waals surface area contributed by atoms with E-state index < -0.39 is 0 Å². The zero-order chi connectivity index (χ0) is 27.6. The number of nitrogens with zero attached hydrogens (tertiary/aromatic N) is 6. The molecule has 10 heteroatoms. The Morgan fingerprint density at radius 3 is 2.62 bits per heavy atom. The monoisotopic (exact) mass is 542 g/mol. The number of pyridine rings is 1. The Morgan fingerprint density at radius 1 is 0.975 bits per heavy atom. The molecule has 3 aromatic heterocycles.